The van der Waals surface area contributed by atoms with E-state index in [1.165, 1.54) is 11.1 Å². The minimum absolute atomic E-state index is 0.00578. The van der Waals surface area contributed by atoms with Crippen molar-refractivity contribution < 1.29 is 14.4 Å². The number of rotatable bonds is 19. The second kappa shape index (κ2) is 21.8. The largest absolute Gasteiger partial charge is 0.384 e. The summed E-state index contributed by atoms with van der Waals surface area (Å²) in [6.45, 7) is 0.734. The topological polar surface area (TPSA) is 202 Å². The Morgan fingerprint density at radius 2 is 1.25 bits per heavy atom. The number of carbonyl (C=O) groups excluding carboxylic acids is 3. The molecule has 2 aliphatic carbocycles. The Morgan fingerprint density at radius 1 is 0.679 bits per heavy atom. The van der Waals surface area contributed by atoms with Crippen molar-refractivity contribution in [3.05, 3.63) is 107 Å². The first-order valence-electron chi connectivity index (χ1n) is 20.7. The Balaban J connectivity index is 1.32. The van der Waals surface area contributed by atoms with Crippen LogP contribution < -0.4 is 33.2 Å². The number of nitrogens with one attached hydrogen (secondary N) is 4. The highest BCUT2D eigenvalue weighted by molar-refractivity contribution is 5.95. The SMILES string of the molecule is N=C(N)c1ccc(CC(C(=O)NC(C(=O)N[C@@H](CCCN=C(N)N)C(=O)NCCC(c2ccccc2)c2ccccc2)C2CCCCC2)C2CCCCC2)cc1. The van der Waals surface area contributed by atoms with Gasteiger partial charge in [-0.1, -0.05) is 123 Å². The summed E-state index contributed by atoms with van der Waals surface area (Å²) in [6, 6.07) is 26.5. The average Bonchev–Trinajstić information content (AvgIpc) is 3.22. The molecule has 0 aromatic heterocycles. The van der Waals surface area contributed by atoms with Crippen LogP contribution in [-0.4, -0.2) is 54.7 Å². The summed E-state index contributed by atoms with van der Waals surface area (Å²) in [7, 11) is 0. The molecule has 0 saturated heterocycles. The smallest absolute Gasteiger partial charge is 0.243 e. The zero-order valence-corrected chi connectivity index (χ0v) is 32.8. The zero-order chi connectivity index (χ0) is 39.7. The van der Waals surface area contributed by atoms with E-state index < -0.39 is 12.1 Å². The van der Waals surface area contributed by atoms with Gasteiger partial charge in [0.05, 0.1) is 0 Å². The maximum Gasteiger partial charge on any atom is 0.243 e. The summed E-state index contributed by atoms with van der Waals surface area (Å²) in [6.07, 6.45) is 12.1. The Bertz CT molecular complexity index is 1680. The summed E-state index contributed by atoms with van der Waals surface area (Å²) >= 11 is 0. The van der Waals surface area contributed by atoms with E-state index in [9.17, 15) is 14.4 Å². The fraction of sp³-hybridized carbons (Fsp3) is 0.489. The van der Waals surface area contributed by atoms with E-state index in [2.05, 4.69) is 45.2 Å². The lowest BCUT2D eigenvalue weighted by Crippen LogP contribution is -2.57. The lowest BCUT2D eigenvalue weighted by molar-refractivity contribution is -0.135. The van der Waals surface area contributed by atoms with Crippen LogP contribution in [0.1, 0.15) is 112 Å². The van der Waals surface area contributed by atoms with Crippen LogP contribution >= 0.6 is 0 Å². The van der Waals surface area contributed by atoms with Gasteiger partial charge in [0.2, 0.25) is 17.7 Å². The molecular weight excluding hydrogens is 701 g/mol. The van der Waals surface area contributed by atoms with Crippen molar-refractivity contribution in [2.75, 3.05) is 13.1 Å². The van der Waals surface area contributed by atoms with Crippen LogP contribution in [0.15, 0.2) is 89.9 Å². The third-order valence-electron chi connectivity index (χ3n) is 11.7. The Hall–Kier alpha value is -5.19. The molecule has 3 atom stereocenters. The quantitative estimate of drug-likeness (QED) is 0.0467. The Labute approximate surface area is 332 Å². The van der Waals surface area contributed by atoms with Gasteiger partial charge in [0.15, 0.2) is 5.96 Å². The fourth-order valence-corrected chi connectivity index (χ4v) is 8.60. The van der Waals surface area contributed by atoms with Crippen LogP contribution in [0.2, 0.25) is 0 Å². The van der Waals surface area contributed by atoms with Gasteiger partial charge in [0.1, 0.15) is 17.9 Å². The molecule has 0 radical (unpaired) electrons. The molecule has 3 amide bonds. The molecule has 3 aromatic rings. The van der Waals surface area contributed by atoms with Gasteiger partial charge in [-0.25, -0.2) is 0 Å². The van der Waals surface area contributed by atoms with E-state index in [1.807, 2.05) is 60.7 Å². The molecule has 10 N–H and O–H groups in total. The van der Waals surface area contributed by atoms with Gasteiger partial charge in [0, 0.05) is 30.5 Å². The van der Waals surface area contributed by atoms with E-state index in [0.29, 0.717) is 44.3 Å². The van der Waals surface area contributed by atoms with Crippen molar-refractivity contribution in [3.63, 3.8) is 0 Å². The molecular formula is C45H62N8O3. The molecule has 11 heteroatoms. The molecule has 2 saturated carbocycles. The highest BCUT2D eigenvalue weighted by Crippen LogP contribution is 2.34. The second-order valence-electron chi connectivity index (χ2n) is 15.7. The number of hydrogen-bond acceptors (Lipinski definition) is 5. The minimum atomic E-state index is -0.833. The van der Waals surface area contributed by atoms with Crippen LogP contribution in [0, 0.1) is 23.2 Å². The van der Waals surface area contributed by atoms with Gasteiger partial charge in [0.25, 0.3) is 0 Å². The predicted octanol–water partition coefficient (Wildman–Crippen LogP) is 5.65. The van der Waals surface area contributed by atoms with Crippen LogP contribution in [0.3, 0.4) is 0 Å². The summed E-state index contributed by atoms with van der Waals surface area (Å²) in [5, 5.41) is 17.2. The predicted molar refractivity (Wildman–Crippen MR) is 224 cm³/mol. The Morgan fingerprint density at radius 3 is 1.80 bits per heavy atom. The van der Waals surface area contributed by atoms with Crippen LogP contribution in [0.25, 0.3) is 0 Å². The highest BCUT2D eigenvalue weighted by Gasteiger charge is 2.37. The first-order chi connectivity index (χ1) is 27.2. The number of amidine groups is 1. The molecule has 2 fully saturated rings. The summed E-state index contributed by atoms with van der Waals surface area (Å²) < 4.78 is 0. The van der Waals surface area contributed by atoms with Crippen molar-refractivity contribution in [2.24, 2.45) is 39.9 Å². The number of nitrogen functional groups attached to an aromatic ring is 1. The molecule has 0 bridgehead atoms. The molecule has 5 rings (SSSR count). The minimum Gasteiger partial charge on any atom is -0.384 e. The van der Waals surface area contributed by atoms with Crippen LogP contribution in [0.5, 0.6) is 0 Å². The number of aliphatic imine (C=N–C) groups is 1. The number of guanidine groups is 1. The first kappa shape index (κ1) is 42.0. The standard InChI is InChI=1S/C45H62N8O3/c46-41(47)36-25-23-31(24-26-36)30-38(34-18-9-3-10-19-34)42(54)53-40(35-20-11-4-12-21-35)44(56)52-39(22-13-28-51-45(48)49)43(55)50-29-27-37(32-14-5-1-6-15-32)33-16-7-2-8-17-33/h1-2,5-8,14-17,23-26,34-35,37-40H,3-4,9-13,18-22,27-30H2,(H3,46,47)(H,50,55)(H,52,56)(H,53,54)(H4,48,49,51)/t38?,39-,40?/m0/s1. The third kappa shape index (κ3) is 12.7. The molecule has 2 aliphatic rings. The molecule has 0 aliphatic heterocycles. The van der Waals surface area contributed by atoms with Crippen molar-refractivity contribution in [1.82, 2.24) is 16.0 Å². The normalized spacial score (nSPS) is 16.6. The van der Waals surface area contributed by atoms with Crippen LogP contribution in [0.4, 0.5) is 0 Å². The van der Waals surface area contributed by atoms with Gasteiger partial charge < -0.3 is 33.2 Å². The number of nitrogens with two attached hydrogens (primary N) is 3. The van der Waals surface area contributed by atoms with Gasteiger partial charge in [-0.3, -0.25) is 24.8 Å². The van der Waals surface area contributed by atoms with Crippen molar-refractivity contribution in [2.45, 2.75) is 108 Å². The van der Waals surface area contributed by atoms with Crippen molar-refractivity contribution in [3.8, 4) is 0 Å². The van der Waals surface area contributed by atoms with E-state index in [1.54, 1.807) is 0 Å². The summed E-state index contributed by atoms with van der Waals surface area (Å²) in [4.78, 5) is 46.9. The third-order valence-corrected chi connectivity index (χ3v) is 11.7. The van der Waals surface area contributed by atoms with E-state index in [4.69, 9.17) is 22.6 Å². The highest BCUT2D eigenvalue weighted by atomic mass is 16.2. The molecule has 0 spiro atoms. The van der Waals surface area contributed by atoms with Gasteiger partial charge in [-0.15, -0.1) is 0 Å². The lowest BCUT2D eigenvalue weighted by Gasteiger charge is -2.34. The van der Waals surface area contributed by atoms with Gasteiger partial charge in [-0.05, 0) is 79.9 Å². The summed E-state index contributed by atoms with van der Waals surface area (Å²) in [5.74, 6) is -0.775. The maximum atomic E-state index is 14.5. The fourth-order valence-electron chi connectivity index (χ4n) is 8.60. The number of carbonyl (C=O) groups is 3. The molecule has 3 aromatic carbocycles. The number of nitrogens with zero attached hydrogens (tertiary/aromatic N) is 1. The van der Waals surface area contributed by atoms with E-state index in [-0.39, 0.29) is 53.2 Å². The van der Waals surface area contributed by atoms with Crippen LogP contribution in [-0.2, 0) is 20.8 Å². The molecule has 56 heavy (non-hydrogen) atoms. The molecule has 11 nitrogen and oxygen atoms in total. The first-order valence-corrected chi connectivity index (χ1v) is 20.7. The number of amides is 3. The zero-order valence-electron chi connectivity index (χ0n) is 32.8. The number of benzene rings is 3. The molecule has 300 valence electrons. The lowest BCUT2D eigenvalue weighted by atomic mass is 9.76. The average molecular weight is 763 g/mol. The Kier molecular flexibility index (Phi) is 16.3. The van der Waals surface area contributed by atoms with E-state index in [0.717, 1.165) is 69.8 Å². The maximum absolute atomic E-state index is 14.5. The van der Waals surface area contributed by atoms with Gasteiger partial charge >= 0.3 is 0 Å². The van der Waals surface area contributed by atoms with Gasteiger partial charge in [-0.2, -0.15) is 0 Å². The molecule has 0 heterocycles. The van der Waals surface area contributed by atoms with E-state index >= 15 is 0 Å². The second-order valence-corrected chi connectivity index (χ2v) is 15.7. The number of hydrogen-bond donors (Lipinski definition) is 7. The summed E-state index contributed by atoms with van der Waals surface area (Å²) in [5.41, 5.74) is 20.8. The monoisotopic (exact) mass is 762 g/mol. The van der Waals surface area contributed by atoms with Crippen molar-refractivity contribution >= 4 is 29.5 Å². The molecule has 2 unspecified atom stereocenters. The van der Waals surface area contributed by atoms with Crippen molar-refractivity contribution in [1.29, 1.82) is 5.41 Å².